The van der Waals surface area contributed by atoms with E-state index in [-0.39, 0.29) is 11.7 Å². The number of aromatic nitrogens is 1. The maximum atomic E-state index is 14.3. The summed E-state index contributed by atoms with van der Waals surface area (Å²) >= 11 is 0. The summed E-state index contributed by atoms with van der Waals surface area (Å²) in [4.78, 5) is 14.9. The molecule has 1 aliphatic rings. The molecule has 4 nitrogen and oxygen atoms in total. The highest BCUT2D eigenvalue weighted by atomic mass is 19.1. The molecule has 110 valence electrons. The lowest BCUT2D eigenvalue weighted by Gasteiger charge is -2.11. The molecule has 1 fully saturated rings. The van der Waals surface area contributed by atoms with Gasteiger partial charge in [-0.2, -0.15) is 0 Å². The smallest absolute Gasteiger partial charge is 0.339 e. The number of esters is 1. The summed E-state index contributed by atoms with van der Waals surface area (Å²) in [6.07, 6.45) is 3.57. The summed E-state index contributed by atoms with van der Waals surface area (Å²) in [5.41, 5.74) is 2.26. The Labute approximate surface area is 121 Å². The SMILES string of the molecule is COC(=O)c1c[nH]c(-c2c(F)cccc2OC)c1C1CC1. The van der Waals surface area contributed by atoms with Crippen molar-refractivity contribution >= 4 is 5.97 Å². The Morgan fingerprint density at radius 1 is 1.33 bits per heavy atom. The van der Waals surface area contributed by atoms with Crippen molar-refractivity contribution in [3.8, 4) is 17.0 Å². The van der Waals surface area contributed by atoms with Crippen LogP contribution in [-0.2, 0) is 4.74 Å². The van der Waals surface area contributed by atoms with Gasteiger partial charge >= 0.3 is 5.97 Å². The van der Waals surface area contributed by atoms with Gasteiger partial charge in [-0.1, -0.05) is 6.07 Å². The number of rotatable bonds is 4. The molecule has 1 aliphatic carbocycles. The summed E-state index contributed by atoms with van der Waals surface area (Å²) in [5, 5.41) is 0. The zero-order chi connectivity index (χ0) is 15.0. The molecule has 0 radical (unpaired) electrons. The number of hydrogen-bond acceptors (Lipinski definition) is 3. The highest BCUT2D eigenvalue weighted by Gasteiger charge is 2.34. The molecule has 1 aromatic carbocycles. The zero-order valence-electron chi connectivity index (χ0n) is 11.9. The van der Waals surface area contributed by atoms with E-state index < -0.39 is 5.97 Å². The van der Waals surface area contributed by atoms with E-state index in [0.29, 0.717) is 22.6 Å². The van der Waals surface area contributed by atoms with Crippen molar-refractivity contribution in [2.45, 2.75) is 18.8 Å². The summed E-state index contributed by atoms with van der Waals surface area (Å²) in [6, 6.07) is 4.68. The monoisotopic (exact) mass is 289 g/mol. The number of benzene rings is 1. The number of hydrogen-bond donors (Lipinski definition) is 1. The van der Waals surface area contributed by atoms with Crippen molar-refractivity contribution in [2.24, 2.45) is 0 Å². The molecule has 0 saturated heterocycles. The fraction of sp³-hybridized carbons (Fsp3) is 0.312. The first-order valence-electron chi connectivity index (χ1n) is 6.79. The van der Waals surface area contributed by atoms with Gasteiger partial charge in [0.25, 0.3) is 0 Å². The van der Waals surface area contributed by atoms with E-state index in [2.05, 4.69) is 4.98 Å². The molecule has 2 aromatic rings. The number of carbonyl (C=O) groups is 1. The summed E-state index contributed by atoms with van der Waals surface area (Å²) in [6.45, 7) is 0. The molecule has 1 N–H and O–H groups in total. The van der Waals surface area contributed by atoms with Crippen LogP contribution in [0.25, 0.3) is 11.3 Å². The fourth-order valence-electron chi connectivity index (χ4n) is 2.63. The highest BCUT2D eigenvalue weighted by Crippen LogP contribution is 2.48. The van der Waals surface area contributed by atoms with Crippen LogP contribution in [0.5, 0.6) is 5.75 Å². The molecule has 1 aromatic heterocycles. The molecule has 0 spiro atoms. The van der Waals surface area contributed by atoms with Crippen LogP contribution >= 0.6 is 0 Å². The van der Waals surface area contributed by atoms with Crippen molar-refractivity contribution in [3.05, 3.63) is 41.3 Å². The topological polar surface area (TPSA) is 51.3 Å². The number of methoxy groups -OCH3 is 2. The Kier molecular flexibility index (Phi) is 3.41. The van der Waals surface area contributed by atoms with Crippen LogP contribution in [-0.4, -0.2) is 25.2 Å². The maximum Gasteiger partial charge on any atom is 0.339 e. The first kappa shape index (κ1) is 13.7. The number of nitrogens with one attached hydrogen (secondary N) is 1. The van der Waals surface area contributed by atoms with Crippen LogP contribution < -0.4 is 4.74 Å². The van der Waals surface area contributed by atoms with Gasteiger partial charge in [0.1, 0.15) is 11.6 Å². The Morgan fingerprint density at radius 2 is 2.10 bits per heavy atom. The van der Waals surface area contributed by atoms with E-state index in [9.17, 15) is 9.18 Å². The van der Waals surface area contributed by atoms with Crippen molar-refractivity contribution in [1.82, 2.24) is 4.98 Å². The molecule has 0 aliphatic heterocycles. The summed E-state index contributed by atoms with van der Waals surface area (Å²) in [5.74, 6) is -0.0796. The predicted molar refractivity (Wildman–Crippen MR) is 76.1 cm³/mol. The minimum absolute atomic E-state index is 0.268. The van der Waals surface area contributed by atoms with E-state index in [0.717, 1.165) is 18.4 Å². The summed E-state index contributed by atoms with van der Waals surface area (Å²) in [7, 11) is 2.84. The molecule has 3 rings (SSSR count). The standard InChI is InChI=1S/C16H16FNO3/c1-20-12-5-3-4-11(17)14(12)15-13(9-6-7-9)10(8-18-15)16(19)21-2/h3-5,8-9,18H,6-7H2,1-2H3. The van der Waals surface area contributed by atoms with E-state index in [1.54, 1.807) is 18.3 Å². The molecule has 0 amide bonds. The number of halogens is 1. The molecule has 1 heterocycles. The Morgan fingerprint density at radius 3 is 2.71 bits per heavy atom. The average Bonchev–Trinajstić information content (AvgIpc) is 3.25. The number of ether oxygens (including phenoxy) is 2. The first-order valence-corrected chi connectivity index (χ1v) is 6.79. The molecule has 0 bridgehead atoms. The second kappa shape index (κ2) is 5.24. The van der Waals surface area contributed by atoms with E-state index in [1.807, 2.05) is 0 Å². The van der Waals surface area contributed by atoms with Crippen LogP contribution in [0.3, 0.4) is 0 Å². The second-order valence-corrected chi connectivity index (χ2v) is 5.07. The summed E-state index contributed by atoms with van der Waals surface area (Å²) < 4.78 is 24.3. The molecule has 1 saturated carbocycles. The Bertz CT molecular complexity index is 689. The predicted octanol–water partition coefficient (Wildman–Crippen LogP) is 3.49. The fourth-order valence-corrected chi connectivity index (χ4v) is 2.63. The van der Waals surface area contributed by atoms with Gasteiger partial charge in [0.15, 0.2) is 0 Å². The third-order valence-corrected chi connectivity index (χ3v) is 3.76. The zero-order valence-corrected chi connectivity index (χ0v) is 11.9. The molecule has 0 unspecified atom stereocenters. The van der Waals surface area contributed by atoms with Crippen molar-refractivity contribution in [2.75, 3.05) is 14.2 Å². The highest BCUT2D eigenvalue weighted by molar-refractivity contribution is 5.94. The lowest BCUT2D eigenvalue weighted by molar-refractivity contribution is 0.0599. The van der Waals surface area contributed by atoms with Gasteiger partial charge in [-0.15, -0.1) is 0 Å². The first-order chi connectivity index (χ1) is 10.2. The van der Waals surface area contributed by atoms with Gasteiger partial charge in [-0.05, 0) is 36.5 Å². The van der Waals surface area contributed by atoms with Gasteiger partial charge in [0.05, 0.1) is 31.0 Å². The third-order valence-electron chi connectivity index (χ3n) is 3.76. The van der Waals surface area contributed by atoms with Gasteiger partial charge < -0.3 is 14.5 Å². The molecule has 21 heavy (non-hydrogen) atoms. The van der Waals surface area contributed by atoms with Crippen molar-refractivity contribution in [3.63, 3.8) is 0 Å². The maximum absolute atomic E-state index is 14.3. The number of aromatic amines is 1. The van der Waals surface area contributed by atoms with Crippen LogP contribution in [0.15, 0.2) is 24.4 Å². The van der Waals surface area contributed by atoms with E-state index in [4.69, 9.17) is 9.47 Å². The lowest BCUT2D eigenvalue weighted by atomic mass is 10.00. The number of H-pyrrole nitrogens is 1. The lowest BCUT2D eigenvalue weighted by Crippen LogP contribution is -2.03. The van der Waals surface area contributed by atoms with Crippen LogP contribution in [0.2, 0.25) is 0 Å². The molecular formula is C16H16FNO3. The minimum Gasteiger partial charge on any atom is -0.496 e. The van der Waals surface area contributed by atoms with Gasteiger partial charge in [0.2, 0.25) is 0 Å². The quantitative estimate of drug-likeness (QED) is 0.876. The van der Waals surface area contributed by atoms with Crippen molar-refractivity contribution < 1.29 is 18.7 Å². The van der Waals surface area contributed by atoms with Crippen molar-refractivity contribution in [1.29, 1.82) is 0 Å². The van der Waals surface area contributed by atoms with Gasteiger partial charge in [0, 0.05) is 6.20 Å². The molecule has 0 atom stereocenters. The Balaban J connectivity index is 2.20. The van der Waals surface area contributed by atoms with Crippen LogP contribution in [0, 0.1) is 5.82 Å². The van der Waals surface area contributed by atoms with Crippen LogP contribution in [0.1, 0.15) is 34.7 Å². The van der Waals surface area contributed by atoms with E-state index in [1.165, 1.54) is 20.3 Å². The molecular weight excluding hydrogens is 273 g/mol. The number of carbonyl (C=O) groups excluding carboxylic acids is 1. The Hall–Kier alpha value is -2.30. The second-order valence-electron chi connectivity index (χ2n) is 5.07. The van der Waals surface area contributed by atoms with E-state index >= 15 is 0 Å². The van der Waals surface area contributed by atoms with Gasteiger partial charge in [-0.25, -0.2) is 9.18 Å². The molecule has 5 heteroatoms. The third kappa shape index (κ3) is 2.28. The van der Waals surface area contributed by atoms with Gasteiger partial charge in [-0.3, -0.25) is 0 Å². The normalized spacial score (nSPS) is 14.0. The minimum atomic E-state index is -0.408. The largest absolute Gasteiger partial charge is 0.496 e. The van der Waals surface area contributed by atoms with Crippen LogP contribution in [0.4, 0.5) is 4.39 Å². The average molecular weight is 289 g/mol.